The van der Waals surface area contributed by atoms with Crippen molar-refractivity contribution in [2.45, 2.75) is 6.17 Å². The number of nitrogens with zero attached hydrogens (tertiary/aromatic N) is 4. The third-order valence-corrected chi connectivity index (χ3v) is 5.11. The smallest absolute Gasteiger partial charge is 0.269 e. The van der Waals surface area contributed by atoms with Crippen molar-refractivity contribution in [2.75, 3.05) is 11.9 Å². The normalized spacial score (nSPS) is 15.4. The molecule has 132 valence electrons. The minimum atomic E-state index is -0.354. The molecule has 1 aliphatic rings. The maximum Gasteiger partial charge on any atom is 0.269 e. The summed E-state index contributed by atoms with van der Waals surface area (Å²) in [5.41, 5.74) is 4.96. The highest BCUT2D eigenvalue weighted by atomic mass is 16.6. The molecule has 0 aliphatic carbocycles. The molecule has 6 nitrogen and oxygen atoms in total. The van der Waals surface area contributed by atoms with Gasteiger partial charge in [0.05, 0.1) is 16.0 Å². The lowest BCUT2D eigenvalue weighted by atomic mass is 10.0. The molecule has 3 aromatic carbocycles. The second-order valence-corrected chi connectivity index (χ2v) is 6.65. The van der Waals surface area contributed by atoms with Gasteiger partial charge in [-0.3, -0.25) is 14.7 Å². The summed E-state index contributed by atoms with van der Waals surface area (Å²) in [7, 11) is 2.01. The molecule has 0 radical (unpaired) electrons. The van der Waals surface area contributed by atoms with E-state index >= 15 is 0 Å². The number of aromatic nitrogens is 2. The van der Waals surface area contributed by atoms with Gasteiger partial charge < -0.3 is 4.90 Å². The van der Waals surface area contributed by atoms with E-state index in [9.17, 15) is 10.1 Å². The van der Waals surface area contributed by atoms with E-state index in [1.165, 1.54) is 6.07 Å². The maximum atomic E-state index is 11.3. The Bertz CT molecular complexity index is 1200. The molecular formula is C21H16N4O2. The number of nitro benzene ring substituents is 1. The first kappa shape index (κ1) is 15.6. The predicted octanol–water partition coefficient (Wildman–Crippen LogP) is 4.61. The number of non-ortho nitro benzene ring substituents is 1. The van der Waals surface area contributed by atoms with Crippen LogP contribution >= 0.6 is 0 Å². The first-order valence-electron chi connectivity index (χ1n) is 8.69. The third-order valence-electron chi connectivity index (χ3n) is 5.11. The van der Waals surface area contributed by atoms with Crippen molar-refractivity contribution < 1.29 is 4.92 Å². The number of benzene rings is 3. The number of hydrogen-bond donors (Lipinski definition) is 0. The largest absolute Gasteiger partial charge is 0.350 e. The van der Waals surface area contributed by atoms with E-state index in [0.29, 0.717) is 0 Å². The summed E-state index contributed by atoms with van der Waals surface area (Å²) < 4.78 is 2.16. The highest BCUT2D eigenvalue weighted by molar-refractivity contribution is 5.87. The second kappa shape index (κ2) is 5.67. The van der Waals surface area contributed by atoms with Gasteiger partial charge in [-0.1, -0.05) is 36.4 Å². The molecule has 0 saturated heterocycles. The average Bonchev–Trinajstić information content (AvgIpc) is 3.08. The van der Waals surface area contributed by atoms with Crippen LogP contribution in [0.2, 0.25) is 0 Å². The van der Waals surface area contributed by atoms with Gasteiger partial charge in [-0.2, -0.15) is 0 Å². The maximum absolute atomic E-state index is 11.3. The van der Waals surface area contributed by atoms with E-state index in [1.54, 1.807) is 12.1 Å². The number of imidazole rings is 1. The molecule has 2 heterocycles. The van der Waals surface area contributed by atoms with E-state index in [1.807, 2.05) is 49.5 Å². The molecule has 0 unspecified atom stereocenters. The summed E-state index contributed by atoms with van der Waals surface area (Å²) in [6.45, 7) is 0. The number of rotatable bonds is 2. The zero-order valence-corrected chi connectivity index (χ0v) is 14.6. The fourth-order valence-electron chi connectivity index (χ4n) is 3.93. The Morgan fingerprint density at radius 3 is 2.63 bits per heavy atom. The third kappa shape index (κ3) is 2.23. The van der Waals surface area contributed by atoms with E-state index in [4.69, 9.17) is 4.98 Å². The average molecular weight is 356 g/mol. The summed E-state index contributed by atoms with van der Waals surface area (Å²) >= 11 is 0. The van der Waals surface area contributed by atoms with Crippen molar-refractivity contribution in [2.24, 2.45) is 0 Å². The minimum Gasteiger partial charge on any atom is -0.350 e. The lowest BCUT2D eigenvalue weighted by Crippen LogP contribution is -2.34. The Kier molecular flexibility index (Phi) is 3.27. The Labute approximate surface area is 155 Å². The molecule has 1 aromatic heterocycles. The van der Waals surface area contributed by atoms with Crippen molar-refractivity contribution in [1.29, 1.82) is 0 Å². The standard InChI is InChI=1S/C21H16N4O2/c1-23-18-11-4-2-9-16(18)20-22-17-10-3-5-12-19(17)24(20)21(23)14-7-6-8-15(13-14)25(26)27/h2-13,21H,1H3/t21-/m1/s1. The number of fused-ring (bicyclic) bond motifs is 5. The Balaban J connectivity index is 1.83. The summed E-state index contributed by atoms with van der Waals surface area (Å²) in [4.78, 5) is 18.0. The van der Waals surface area contributed by atoms with Crippen molar-refractivity contribution >= 4 is 22.4 Å². The zero-order chi connectivity index (χ0) is 18.5. The van der Waals surface area contributed by atoms with Gasteiger partial charge in [0, 0.05) is 36.0 Å². The van der Waals surface area contributed by atoms with Crippen LogP contribution in [0.5, 0.6) is 0 Å². The highest BCUT2D eigenvalue weighted by Crippen LogP contribution is 2.44. The fourth-order valence-corrected chi connectivity index (χ4v) is 3.93. The van der Waals surface area contributed by atoms with Crippen LogP contribution in [0, 0.1) is 10.1 Å². The van der Waals surface area contributed by atoms with E-state index in [2.05, 4.69) is 21.6 Å². The Hall–Kier alpha value is -3.67. The second-order valence-electron chi connectivity index (χ2n) is 6.65. The molecule has 4 aromatic rings. The highest BCUT2D eigenvalue weighted by Gasteiger charge is 2.32. The molecular weight excluding hydrogens is 340 g/mol. The van der Waals surface area contributed by atoms with Crippen LogP contribution in [0.15, 0.2) is 72.8 Å². The molecule has 6 heteroatoms. The van der Waals surface area contributed by atoms with Crippen LogP contribution < -0.4 is 4.90 Å². The monoisotopic (exact) mass is 356 g/mol. The van der Waals surface area contributed by atoms with Crippen LogP contribution in [0.1, 0.15) is 11.7 Å². The lowest BCUT2D eigenvalue weighted by molar-refractivity contribution is -0.384. The zero-order valence-electron chi connectivity index (χ0n) is 14.6. The van der Waals surface area contributed by atoms with Crippen molar-refractivity contribution in [1.82, 2.24) is 9.55 Å². The molecule has 0 saturated carbocycles. The van der Waals surface area contributed by atoms with Crippen LogP contribution in [0.25, 0.3) is 22.4 Å². The molecule has 0 fully saturated rings. The molecule has 5 rings (SSSR count). The number of para-hydroxylation sites is 3. The van der Waals surface area contributed by atoms with E-state index < -0.39 is 0 Å². The van der Waals surface area contributed by atoms with Gasteiger partial charge in [-0.15, -0.1) is 0 Å². The SMILES string of the molecule is CN1c2ccccc2-c2nc3ccccc3n2[C@@H]1c1cccc([N+](=O)[O-])c1. The van der Waals surface area contributed by atoms with Crippen molar-refractivity contribution in [3.8, 4) is 11.4 Å². The van der Waals surface area contributed by atoms with Gasteiger partial charge in [-0.05, 0) is 24.3 Å². The van der Waals surface area contributed by atoms with Crippen molar-refractivity contribution in [3.05, 3.63) is 88.5 Å². The molecule has 1 atom stereocenters. The fraction of sp³-hybridized carbons (Fsp3) is 0.0952. The molecule has 0 amide bonds. The Morgan fingerprint density at radius 1 is 1.00 bits per heavy atom. The molecule has 0 N–H and O–H groups in total. The summed E-state index contributed by atoms with van der Waals surface area (Å²) in [6.07, 6.45) is -0.220. The van der Waals surface area contributed by atoms with Crippen LogP contribution in [-0.2, 0) is 0 Å². The van der Waals surface area contributed by atoms with Gasteiger partial charge in [0.1, 0.15) is 12.0 Å². The number of hydrogen-bond acceptors (Lipinski definition) is 4. The van der Waals surface area contributed by atoms with Crippen LogP contribution in [0.4, 0.5) is 11.4 Å². The van der Waals surface area contributed by atoms with E-state index in [-0.39, 0.29) is 16.8 Å². The first-order chi connectivity index (χ1) is 13.1. The van der Waals surface area contributed by atoms with Gasteiger partial charge in [0.25, 0.3) is 5.69 Å². The van der Waals surface area contributed by atoms with Crippen LogP contribution in [0.3, 0.4) is 0 Å². The van der Waals surface area contributed by atoms with Crippen LogP contribution in [-0.4, -0.2) is 21.5 Å². The summed E-state index contributed by atoms with van der Waals surface area (Å²) in [5.74, 6) is 0.876. The lowest BCUT2D eigenvalue weighted by Gasteiger charge is -2.38. The summed E-state index contributed by atoms with van der Waals surface area (Å²) in [6, 6.07) is 23.0. The molecule has 0 spiro atoms. The van der Waals surface area contributed by atoms with Gasteiger partial charge in [0.15, 0.2) is 0 Å². The molecule has 27 heavy (non-hydrogen) atoms. The Morgan fingerprint density at radius 2 is 1.78 bits per heavy atom. The van der Waals surface area contributed by atoms with E-state index in [0.717, 1.165) is 33.7 Å². The van der Waals surface area contributed by atoms with Gasteiger partial charge >= 0.3 is 0 Å². The van der Waals surface area contributed by atoms with Crippen molar-refractivity contribution in [3.63, 3.8) is 0 Å². The topological polar surface area (TPSA) is 64.2 Å². The first-order valence-corrected chi connectivity index (χ1v) is 8.69. The van der Waals surface area contributed by atoms with Gasteiger partial charge in [-0.25, -0.2) is 4.98 Å². The number of nitro groups is 1. The van der Waals surface area contributed by atoms with Gasteiger partial charge in [0.2, 0.25) is 0 Å². The number of anilines is 1. The quantitative estimate of drug-likeness (QED) is 0.389. The summed E-state index contributed by atoms with van der Waals surface area (Å²) in [5, 5.41) is 11.3. The molecule has 0 bridgehead atoms. The predicted molar refractivity (Wildman–Crippen MR) is 105 cm³/mol. The molecule has 1 aliphatic heterocycles. The minimum absolute atomic E-state index is 0.0886.